The van der Waals surface area contributed by atoms with E-state index < -0.39 is 0 Å². The smallest absolute Gasteiger partial charge is 0.231 e. The number of rotatable bonds is 8. The van der Waals surface area contributed by atoms with Gasteiger partial charge in [0.2, 0.25) is 16.9 Å². The fourth-order valence-corrected chi connectivity index (χ4v) is 3.39. The molecule has 1 aliphatic heterocycles. The molecule has 0 unspecified atom stereocenters. The molecule has 0 spiro atoms. The van der Waals surface area contributed by atoms with E-state index in [-0.39, 0.29) is 30.2 Å². The average molecular weight is 340 g/mol. The molecule has 0 aliphatic carbocycles. The molecule has 0 bridgehead atoms. The molecule has 1 aromatic heterocycles. The van der Waals surface area contributed by atoms with Gasteiger partial charge in [-0.3, -0.25) is 9.59 Å². The van der Waals surface area contributed by atoms with Crippen LogP contribution in [0, 0.1) is 5.92 Å². The molecule has 0 saturated carbocycles. The number of anilines is 1. The topological polar surface area (TPSA) is 84.4 Å². The number of methoxy groups -OCH3 is 1. The van der Waals surface area contributed by atoms with Crippen LogP contribution in [0.25, 0.3) is 0 Å². The van der Waals surface area contributed by atoms with Crippen molar-refractivity contribution >= 4 is 28.3 Å². The molecule has 2 heterocycles. The van der Waals surface area contributed by atoms with Gasteiger partial charge in [0, 0.05) is 26.5 Å². The zero-order valence-electron chi connectivity index (χ0n) is 13.9. The summed E-state index contributed by atoms with van der Waals surface area (Å²) in [5.41, 5.74) is 0. The number of aryl methyl sites for hydroxylation is 1. The number of carbonyl (C=O) groups is 2. The molecule has 1 fully saturated rings. The summed E-state index contributed by atoms with van der Waals surface area (Å²) in [7, 11) is 1.60. The van der Waals surface area contributed by atoms with E-state index in [0.29, 0.717) is 18.3 Å². The zero-order chi connectivity index (χ0) is 16.8. The molecule has 0 radical (unpaired) electrons. The summed E-state index contributed by atoms with van der Waals surface area (Å²) in [6, 6.07) is -0.0209. The fraction of sp³-hybridized carbons (Fsp3) is 0.733. The second-order valence-electron chi connectivity index (χ2n) is 5.85. The standard InChI is InChI=1S/C15H24N4O3S/c1-4-5-6-12-17-18-15(23-12)16-14(21)11-7-13(20)19(8-11)10(2)9-22-3/h10-11H,4-9H2,1-3H3,(H,16,18,21)/t10-,11-/m1/s1. The molecule has 1 N–H and O–H groups in total. The van der Waals surface area contributed by atoms with Crippen LogP contribution in [0.4, 0.5) is 5.13 Å². The summed E-state index contributed by atoms with van der Waals surface area (Å²) in [6.07, 6.45) is 3.28. The minimum atomic E-state index is -0.343. The number of nitrogens with one attached hydrogen (secondary N) is 1. The van der Waals surface area contributed by atoms with Crippen molar-refractivity contribution in [3.05, 3.63) is 5.01 Å². The first kappa shape index (κ1) is 17.8. The van der Waals surface area contributed by atoms with E-state index in [0.717, 1.165) is 24.3 Å². The molecular formula is C15H24N4O3S. The predicted molar refractivity (Wildman–Crippen MR) is 88.3 cm³/mol. The van der Waals surface area contributed by atoms with Crippen LogP contribution in [0.1, 0.15) is 38.1 Å². The summed E-state index contributed by atoms with van der Waals surface area (Å²) in [6.45, 7) is 4.94. The summed E-state index contributed by atoms with van der Waals surface area (Å²) < 4.78 is 5.08. The van der Waals surface area contributed by atoms with E-state index in [4.69, 9.17) is 4.74 Å². The SMILES string of the molecule is CCCCc1nnc(NC(=O)[C@@H]2CC(=O)N([C@H](C)COC)C2)s1. The third kappa shape index (κ3) is 4.71. The number of aromatic nitrogens is 2. The van der Waals surface area contributed by atoms with Gasteiger partial charge in [0.25, 0.3) is 0 Å². The van der Waals surface area contributed by atoms with Gasteiger partial charge in [0.1, 0.15) is 5.01 Å². The van der Waals surface area contributed by atoms with Crippen molar-refractivity contribution in [2.24, 2.45) is 5.92 Å². The highest BCUT2D eigenvalue weighted by Crippen LogP contribution is 2.23. The Kier molecular flexibility index (Phi) is 6.47. The van der Waals surface area contributed by atoms with Crippen molar-refractivity contribution in [3.63, 3.8) is 0 Å². The van der Waals surface area contributed by atoms with Crippen molar-refractivity contribution in [1.29, 1.82) is 0 Å². The lowest BCUT2D eigenvalue weighted by molar-refractivity contribution is -0.130. The molecule has 1 saturated heterocycles. The van der Waals surface area contributed by atoms with Crippen molar-refractivity contribution < 1.29 is 14.3 Å². The number of ether oxygens (including phenoxy) is 1. The third-order valence-corrected chi connectivity index (χ3v) is 4.81. The largest absolute Gasteiger partial charge is 0.383 e. The number of amides is 2. The van der Waals surface area contributed by atoms with Gasteiger partial charge >= 0.3 is 0 Å². The summed E-state index contributed by atoms with van der Waals surface area (Å²) in [5.74, 6) is -0.510. The maximum Gasteiger partial charge on any atom is 0.231 e. The monoisotopic (exact) mass is 340 g/mol. The Labute approximate surface area is 140 Å². The van der Waals surface area contributed by atoms with Crippen LogP contribution in [-0.2, 0) is 20.7 Å². The van der Waals surface area contributed by atoms with Crippen LogP contribution in [-0.4, -0.2) is 53.2 Å². The second kappa shape index (κ2) is 8.35. The molecule has 128 valence electrons. The maximum atomic E-state index is 12.3. The molecule has 0 aromatic carbocycles. The molecule has 8 heteroatoms. The molecule has 2 rings (SSSR count). The van der Waals surface area contributed by atoms with Crippen LogP contribution in [0.2, 0.25) is 0 Å². The molecule has 7 nitrogen and oxygen atoms in total. The Hall–Kier alpha value is -1.54. The van der Waals surface area contributed by atoms with Crippen LogP contribution in [0.15, 0.2) is 0 Å². The lowest BCUT2D eigenvalue weighted by atomic mass is 10.1. The maximum absolute atomic E-state index is 12.3. The van der Waals surface area contributed by atoms with Gasteiger partial charge in [-0.1, -0.05) is 24.7 Å². The number of carbonyl (C=O) groups excluding carboxylic acids is 2. The number of likely N-dealkylation sites (tertiary alicyclic amines) is 1. The van der Waals surface area contributed by atoms with E-state index in [2.05, 4.69) is 22.4 Å². The molecule has 2 amide bonds. The highest BCUT2D eigenvalue weighted by atomic mass is 32.1. The molecule has 1 aliphatic rings. The van der Waals surface area contributed by atoms with Gasteiger partial charge in [0.15, 0.2) is 0 Å². The van der Waals surface area contributed by atoms with Gasteiger partial charge in [0.05, 0.1) is 18.6 Å². The van der Waals surface area contributed by atoms with E-state index in [9.17, 15) is 9.59 Å². The quantitative estimate of drug-likeness (QED) is 0.779. The van der Waals surface area contributed by atoms with Crippen molar-refractivity contribution in [3.8, 4) is 0 Å². The predicted octanol–water partition coefficient (Wildman–Crippen LogP) is 1.70. The normalized spacial score (nSPS) is 19.2. The highest BCUT2D eigenvalue weighted by Gasteiger charge is 2.36. The van der Waals surface area contributed by atoms with Crippen molar-refractivity contribution in [2.45, 2.75) is 45.6 Å². The highest BCUT2D eigenvalue weighted by molar-refractivity contribution is 7.15. The summed E-state index contributed by atoms with van der Waals surface area (Å²) in [4.78, 5) is 26.1. The van der Waals surface area contributed by atoms with Crippen LogP contribution >= 0.6 is 11.3 Å². The third-order valence-electron chi connectivity index (χ3n) is 3.91. The van der Waals surface area contributed by atoms with E-state index in [1.165, 1.54) is 11.3 Å². The average Bonchev–Trinajstić information content (AvgIpc) is 3.12. The van der Waals surface area contributed by atoms with Crippen LogP contribution in [0.5, 0.6) is 0 Å². The minimum Gasteiger partial charge on any atom is -0.383 e. The Morgan fingerprint density at radius 1 is 1.52 bits per heavy atom. The van der Waals surface area contributed by atoms with Crippen LogP contribution < -0.4 is 5.32 Å². The number of hydrogen-bond acceptors (Lipinski definition) is 6. The Morgan fingerprint density at radius 3 is 3.00 bits per heavy atom. The van der Waals surface area contributed by atoms with Gasteiger partial charge in [-0.25, -0.2) is 0 Å². The van der Waals surface area contributed by atoms with Gasteiger partial charge in [-0.05, 0) is 13.3 Å². The number of unbranched alkanes of at least 4 members (excludes halogenated alkanes) is 1. The van der Waals surface area contributed by atoms with Crippen LogP contribution in [0.3, 0.4) is 0 Å². The van der Waals surface area contributed by atoms with Crippen molar-refractivity contribution in [1.82, 2.24) is 15.1 Å². The lowest BCUT2D eigenvalue weighted by Crippen LogP contribution is -2.38. The van der Waals surface area contributed by atoms with E-state index in [1.54, 1.807) is 12.0 Å². The number of hydrogen-bond donors (Lipinski definition) is 1. The second-order valence-corrected chi connectivity index (χ2v) is 6.91. The first-order valence-corrected chi connectivity index (χ1v) is 8.78. The minimum absolute atomic E-state index is 0.00408. The molecular weight excluding hydrogens is 316 g/mol. The summed E-state index contributed by atoms with van der Waals surface area (Å²) in [5, 5.41) is 12.3. The van der Waals surface area contributed by atoms with Crippen molar-refractivity contribution in [2.75, 3.05) is 25.6 Å². The number of nitrogens with zero attached hydrogens (tertiary/aromatic N) is 3. The Balaban J connectivity index is 1.89. The fourth-order valence-electron chi connectivity index (χ4n) is 2.60. The summed E-state index contributed by atoms with van der Waals surface area (Å²) >= 11 is 1.40. The first-order chi connectivity index (χ1) is 11.0. The molecule has 2 atom stereocenters. The Bertz CT molecular complexity index is 549. The first-order valence-electron chi connectivity index (χ1n) is 7.96. The zero-order valence-corrected chi connectivity index (χ0v) is 14.7. The van der Waals surface area contributed by atoms with Gasteiger partial charge < -0.3 is 15.0 Å². The molecule has 23 heavy (non-hydrogen) atoms. The molecule has 1 aromatic rings. The van der Waals surface area contributed by atoms with Gasteiger partial charge in [-0.15, -0.1) is 10.2 Å². The van der Waals surface area contributed by atoms with E-state index in [1.807, 2.05) is 6.92 Å². The Morgan fingerprint density at radius 2 is 2.30 bits per heavy atom. The van der Waals surface area contributed by atoms with Gasteiger partial charge in [-0.2, -0.15) is 0 Å². The lowest BCUT2D eigenvalue weighted by Gasteiger charge is -2.23. The van der Waals surface area contributed by atoms with E-state index >= 15 is 0 Å².